The Bertz CT molecular complexity index is 535. The summed E-state index contributed by atoms with van der Waals surface area (Å²) in [6, 6.07) is -0.624. The monoisotopic (exact) mass is 323 g/mol. The Hall–Kier alpha value is -1.63. The lowest BCUT2D eigenvalue weighted by Gasteiger charge is -2.27. The topological polar surface area (TPSA) is 92.1 Å². The predicted molar refractivity (Wildman–Crippen MR) is 88.0 cm³/mol. The summed E-state index contributed by atoms with van der Waals surface area (Å²) in [4.78, 5) is 16.8. The summed E-state index contributed by atoms with van der Waals surface area (Å²) >= 11 is 0. The van der Waals surface area contributed by atoms with E-state index in [0.717, 1.165) is 43.9 Å². The van der Waals surface area contributed by atoms with E-state index in [0.29, 0.717) is 0 Å². The minimum atomic E-state index is -0.257. The second kappa shape index (κ2) is 7.29. The van der Waals surface area contributed by atoms with Gasteiger partial charge in [0.2, 0.25) is 0 Å². The van der Waals surface area contributed by atoms with Crippen LogP contribution in [0.4, 0.5) is 4.79 Å². The summed E-state index contributed by atoms with van der Waals surface area (Å²) in [5.41, 5.74) is 0.0434. The number of aliphatic hydroxyl groups is 1. The largest absolute Gasteiger partial charge is 0.394 e. The van der Waals surface area contributed by atoms with Gasteiger partial charge in [0, 0.05) is 13.0 Å². The lowest BCUT2D eigenvalue weighted by Crippen LogP contribution is -2.47. The van der Waals surface area contributed by atoms with Crippen LogP contribution < -0.4 is 10.6 Å². The van der Waals surface area contributed by atoms with E-state index in [1.165, 1.54) is 0 Å². The average Bonchev–Trinajstić information content (AvgIpc) is 2.89. The molecule has 0 aromatic carbocycles. The van der Waals surface area contributed by atoms with Crippen LogP contribution in [0.5, 0.6) is 0 Å². The van der Waals surface area contributed by atoms with E-state index < -0.39 is 0 Å². The Morgan fingerprint density at radius 3 is 2.83 bits per heavy atom. The van der Waals surface area contributed by atoms with Gasteiger partial charge in [-0.1, -0.05) is 27.7 Å². The third-order valence-corrected chi connectivity index (χ3v) is 3.95. The lowest BCUT2D eigenvalue weighted by atomic mass is 9.88. The van der Waals surface area contributed by atoms with Crippen molar-refractivity contribution in [2.24, 2.45) is 5.41 Å². The maximum Gasteiger partial charge on any atom is 0.315 e. The molecule has 3 N–H and O–H groups in total. The van der Waals surface area contributed by atoms with E-state index in [9.17, 15) is 9.90 Å². The Kier molecular flexibility index (Phi) is 5.62. The first-order valence-electron chi connectivity index (χ1n) is 8.44. The Morgan fingerprint density at radius 2 is 2.22 bits per heavy atom. The number of aryl methyl sites for hydroxylation is 2. The van der Waals surface area contributed by atoms with Gasteiger partial charge in [0.25, 0.3) is 0 Å². The Balaban J connectivity index is 1.97. The molecule has 2 rings (SSSR count). The van der Waals surface area contributed by atoms with Gasteiger partial charge in [-0.05, 0) is 24.7 Å². The van der Waals surface area contributed by atoms with E-state index >= 15 is 0 Å². The Morgan fingerprint density at radius 1 is 1.48 bits per heavy atom. The van der Waals surface area contributed by atoms with E-state index in [4.69, 9.17) is 0 Å². The fourth-order valence-electron chi connectivity index (χ4n) is 2.97. The second-order valence-electron chi connectivity index (χ2n) is 7.42. The zero-order valence-corrected chi connectivity index (χ0v) is 14.6. The molecule has 1 aromatic rings. The lowest BCUT2D eigenvalue weighted by molar-refractivity contribution is 0.188. The van der Waals surface area contributed by atoms with E-state index in [1.54, 1.807) is 0 Å². The molecule has 0 bridgehead atoms. The van der Waals surface area contributed by atoms with Crippen LogP contribution in [0, 0.1) is 5.41 Å². The molecule has 0 saturated heterocycles. The molecule has 0 fully saturated rings. The number of hydrogen-bond acceptors (Lipinski definition) is 4. The van der Waals surface area contributed by atoms with Crippen LogP contribution in [-0.2, 0) is 13.0 Å². The average molecular weight is 323 g/mol. The fourth-order valence-corrected chi connectivity index (χ4v) is 2.97. The smallest absolute Gasteiger partial charge is 0.315 e. The molecule has 2 atom stereocenters. The van der Waals surface area contributed by atoms with E-state index in [2.05, 4.69) is 41.5 Å². The highest BCUT2D eigenvalue weighted by molar-refractivity contribution is 5.74. The number of nitrogens with zero attached hydrogens (tertiary/aromatic N) is 3. The molecule has 23 heavy (non-hydrogen) atoms. The fraction of sp³-hybridized carbons (Fsp3) is 0.812. The molecule has 130 valence electrons. The van der Waals surface area contributed by atoms with Crippen LogP contribution in [0.15, 0.2) is 0 Å². The van der Waals surface area contributed by atoms with Crippen LogP contribution in [0.25, 0.3) is 0 Å². The zero-order chi connectivity index (χ0) is 17.0. The molecule has 2 heterocycles. The van der Waals surface area contributed by atoms with Gasteiger partial charge in [0.1, 0.15) is 5.82 Å². The number of aromatic nitrogens is 3. The molecule has 2 unspecified atom stereocenters. The summed E-state index contributed by atoms with van der Waals surface area (Å²) in [5.74, 6) is 1.65. The zero-order valence-electron chi connectivity index (χ0n) is 14.6. The highest BCUT2D eigenvalue weighted by atomic mass is 16.3. The van der Waals surface area contributed by atoms with Crippen molar-refractivity contribution in [3.63, 3.8) is 0 Å². The van der Waals surface area contributed by atoms with E-state index in [-0.39, 0.29) is 30.1 Å². The van der Waals surface area contributed by atoms with Gasteiger partial charge in [-0.3, -0.25) is 0 Å². The van der Waals surface area contributed by atoms with Crippen molar-refractivity contribution in [3.05, 3.63) is 11.6 Å². The van der Waals surface area contributed by atoms with Gasteiger partial charge < -0.3 is 15.7 Å². The Labute approximate surface area is 137 Å². The first-order valence-corrected chi connectivity index (χ1v) is 8.44. The summed E-state index contributed by atoms with van der Waals surface area (Å²) in [7, 11) is 0. The summed E-state index contributed by atoms with van der Waals surface area (Å²) in [5, 5.41) is 19.8. The van der Waals surface area contributed by atoms with Crippen LogP contribution in [0.1, 0.15) is 64.6 Å². The summed E-state index contributed by atoms with van der Waals surface area (Å²) < 4.78 is 1.89. The molecule has 1 aliphatic rings. The molecule has 0 saturated carbocycles. The van der Waals surface area contributed by atoms with Crippen LogP contribution in [-0.4, -0.2) is 38.6 Å². The molecule has 7 nitrogen and oxygen atoms in total. The van der Waals surface area contributed by atoms with Gasteiger partial charge in [-0.25, -0.2) is 14.5 Å². The van der Waals surface area contributed by atoms with Crippen molar-refractivity contribution in [3.8, 4) is 0 Å². The maximum absolute atomic E-state index is 12.3. The van der Waals surface area contributed by atoms with Gasteiger partial charge in [-0.2, -0.15) is 5.10 Å². The number of aliphatic hydroxyl groups excluding tert-OH is 1. The number of rotatable bonds is 5. The van der Waals surface area contributed by atoms with Crippen LogP contribution in [0.2, 0.25) is 0 Å². The molecule has 0 aliphatic carbocycles. The molecule has 7 heteroatoms. The SMILES string of the molecule is CCc1nc2n(n1)CCCC2NC(=O)NC(CO)CC(C)(C)C. The van der Waals surface area contributed by atoms with Crippen LogP contribution in [0.3, 0.4) is 0 Å². The number of carbonyl (C=O) groups excluding carboxylic acids is 1. The number of urea groups is 1. The number of nitrogens with one attached hydrogen (secondary N) is 2. The van der Waals surface area contributed by atoms with E-state index in [1.807, 2.05) is 11.6 Å². The van der Waals surface area contributed by atoms with Crippen LogP contribution >= 0.6 is 0 Å². The molecular formula is C16H29N5O2. The van der Waals surface area contributed by atoms with Crippen molar-refractivity contribution in [2.75, 3.05) is 6.61 Å². The first kappa shape index (κ1) is 17.7. The second-order valence-corrected chi connectivity index (χ2v) is 7.42. The molecular weight excluding hydrogens is 294 g/mol. The van der Waals surface area contributed by atoms with Gasteiger partial charge in [-0.15, -0.1) is 0 Å². The minimum absolute atomic E-state index is 0.0434. The minimum Gasteiger partial charge on any atom is -0.394 e. The third-order valence-electron chi connectivity index (χ3n) is 3.95. The number of hydrogen-bond donors (Lipinski definition) is 3. The first-order chi connectivity index (χ1) is 10.8. The van der Waals surface area contributed by atoms with Crippen molar-refractivity contribution < 1.29 is 9.90 Å². The molecule has 2 amide bonds. The van der Waals surface area contributed by atoms with Crippen molar-refractivity contribution in [1.29, 1.82) is 0 Å². The summed E-state index contributed by atoms with van der Waals surface area (Å²) in [6.45, 7) is 9.08. The van der Waals surface area contributed by atoms with Gasteiger partial charge in [0.05, 0.1) is 18.7 Å². The van der Waals surface area contributed by atoms with Crippen molar-refractivity contribution >= 4 is 6.03 Å². The van der Waals surface area contributed by atoms with Gasteiger partial charge in [0.15, 0.2) is 5.82 Å². The number of amides is 2. The standard InChI is InChI=1S/C16H29N5O2/c1-5-13-19-14-12(7-6-8-21(14)20-13)18-15(23)17-11(10-22)9-16(2,3)4/h11-12,22H,5-10H2,1-4H3,(H2,17,18,23). The van der Waals surface area contributed by atoms with Crippen molar-refractivity contribution in [2.45, 2.75) is 72.0 Å². The highest BCUT2D eigenvalue weighted by Gasteiger charge is 2.26. The van der Waals surface area contributed by atoms with Gasteiger partial charge >= 0.3 is 6.03 Å². The maximum atomic E-state index is 12.3. The molecule has 0 spiro atoms. The molecule has 1 aliphatic heterocycles. The predicted octanol–water partition coefficient (Wildman–Crippen LogP) is 1.77. The number of fused-ring (bicyclic) bond motifs is 1. The third kappa shape index (κ3) is 4.92. The quantitative estimate of drug-likeness (QED) is 0.770. The normalized spacial score (nSPS) is 19.1. The molecule has 1 aromatic heterocycles. The van der Waals surface area contributed by atoms with Crippen molar-refractivity contribution in [1.82, 2.24) is 25.4 Å². The highest BCUT2D eigenvalue weighted by Crippen LogP contribution is 2.23. The number of carbonyl (C=O) groups is 1. The molecule has 0 radical (unpaired) electrons. The summed E-state index contributed by atoms with van der Waals surface area (Å²) in [6.07, 6.45) is 3.34.